The van der Waals surface area contributed by atoms with Crippen LogP contribution in [-0.2, 0) is 32.0 Å². The van der Waals surface area contributed by atoms with Crippen LogP contribution in [0.3, 0.4) is 0 Å². The van der Waals surface area contributed by atoms with Crippen LogP contribution in [0.25, 0.3) is 0 Å². The van der Waals surface area contributed by atoms with Crippen molar-refractivity contribution in [2.75, 3.05) is 19.8 Å². The Balaban J connectivity index is 2.51. The summed E-state index contributed by atoms with van der Waals surface area (Å²) in [5.41, 5.74) is 0. The van der Waals surface area contributed by atoms with E-state index in [1.54, 1.807) is 6.92 Å². The van der Waals surface area contributed by atoms with Gasteiger partial charge in [0.15, 0.2) is 0 Å². The van der Waals surface area contributed by atoms with Gasteiger partial charge in [-0.15, -0.1) is 0 Å². The first-order chi connectivity index (χ1) is 11.7. The van der Waals surface area contributed by atoms with Crippen molar-refractivity contribution < 1.29 is 41.7 Å². The molecule has 0 saturated carbocycles. The first-order valence-electron chi connectivity index (χ1n) is 8.62. The molecule has 150 valence electrons. The molecule has 2 N–H and O–H groups in total. The fourth-order valence-electron chi connectivity index (χ4n) is 2.23. The number of hydrogen-bond acceptors (Lipinski definition) is 7. The third-order valence-electron chi connectivity index (χ3n) is 3.56. The lowest BCUT2D eigenvalue weighted by Gasteiger charge is -2.22. The van der Waals surface area contributed by atoms with Crippen molar-refractivity contribution >= 4 is 15.6 Å². The van der Waals surface area contributed by atoms with E-state index >= 15 is 0 Å². The van der Waals surface area contributed by atoms with E-state index in [0.717, 1.165) is 12.8 Å². The standard InChI is InChI=1S/C14H30O9P2/c1-4-6-8-19-24(15,16)21-11-14-13(10-12(3)22-14)23-25(17,18)20-9-7-5-2/h12-14H,4-11H2,1-3H3,(H,15,16)(H,17,18)/t12-,13?,14+/m0/s1. The fraction of sp³-hybridized carbons (Fsp3) is 1.00. The van der Waals surface area contributed by atoms with Crippen LogP contribution in [0.5, 0.6) is 0 Å². The lowest BCUT2D eigenvalue weighted by atomic mass is 10.1. The topological polar surface area (TPSA) is 121 Å². The molecule has 1 aliphatic heterocycles. The van der Waals surface area contributed by atoms with Crippen molar-refractivity contribution in [2.24, 2.45) is 0 Å². The van der Waals surface area contributed by atoms with E-state index in [0.29, 0.717) is 19.3 Å². The van der Waals surface area contributed by atoms with E-state index in [1.807, 2.05) is 13.8 Å². The molecule has 9 nitrogen and oxygen atoms in total. The summed E-state index contributed by atoms with van der Waals surface area (Å²) in [5, 5.41) is 0. The van der Waals surface area contributed by atoms with E-state index in [2.05, 4.69) is 0 Å². The van der Waals surface area contributed by atoms with Crippen LogP contribution in [0, 0.1) is 0 Å². The first kappa shape index (κ1) is 23.2. The Morgan fingerprint density at radius 1 is 1.00 bits per heavy atom. The summed E-state index contributed by atoms with van der Waals surface area (Å²) in [7, 11) is -8.41. The van der Waals surface area contributed by atoms with Crippen molar-refractivity contribution in [1.82, 2.24) is 0 Å². The van der Waals surface area contributed by atoms with Gasteiger partial charge in [-0.2, -0.15) is 0 Å². The molecule has 1 heterocycles. The van der Waals surface area contributed by atoms with Crippen LogP contribution in [0.2, 0.25) is 0 Å². The number of phosphoric ester groups is 2. The summed E-state index contributed by atoms with van der Waals surface area (Å²) in [4.78, 5) is 19.4. The second kappa shape index (κ2) is 11.1. The summed E-state index contributed by atoms with van der Waals surface area (Å²) in [6.45, 7) is 5.58. The molecule has 25 heavy (non-hydrogen) atoms. The van der Waals surface area contributed by atoms with Crippen LogP contribution in [-0.4, -0.2) is 47.9 Å². The van der Waals surface area contributed by atoms with Gasteiger partial charge in [-0.25, -0.2) is 9.13 Å². The van der Waals surface area contributed by atoms with Crippen molar-refractivity contribution in [3.8, 4) is 0 Å². The van der Waals surface area contributed by atoms with Crippen LogP contribution in [0.4, 0.5) is 0 Å². The van der Waals surface area contributed by atoms with Crippen LogP contribution >= 0.6 is 15.6 Å². The molecule has 11 heteroatoms. The Hall–Kier alpha value is 0.180. The number of ether oxygens (including phenoxy) is 1. The van der Waals surface area contributed by atoms with Gasteiger partial charge >= 0.3 is 15.6 Å². The summed E-state index contributed by atoms with van der Waals surface area (Å²) in [5.74, 6) is 0. The molecule has 0 spiro atoms. The Morgan fingerprint density at radius 3 is 2.12 bits per heavy atom. The SMILES string of the molecule is CCCCOP(=O)(O)OC[C@H]1O[C@@H](C)CC1OP(=O)(O)OCCCC. The number of unbranched alkanes of at least 4 members (excludes halogenated alkanes) is 2. The largest absolute Gasteiger partial charge is 0.472 e. The molecule has 1 saturated heterocycles. The number of hydrogen-bond donors (Lipinski definition) is 2. The fourth-order valence-corrected chi connectivity index (χ4v) is 3.99. The quantitative estimate of drug-likeness (QED) is 0.351. The molecular weight excluding hydrogens is 374 g/mol. The Morgan fingerprint density at radius 2 is 1.56 bits per heavy atom. The average molecular weight is 404 g/mol. The molecule has 5 atom stereocenters. The number of phosphoric acid groups is 2. The summed E-state index contributed by atoms with van der Waals surface area (Å²) < 4.78 is 49.1. The molecule has 0 aliphatic carbocycles. The molecule has 3 unspecified atom stereocenters. The van der Waals surface area contributed by atoms with Crippen molar-refractivity contribution in [3.05, 3.63) is 0 Å². The second-order valence-electron chi connectivity index (χ2n) is 5.97. The van der Waals surface area contributed by atoms with Crippen LogP contribution in [0.1, 0.15) is 52.9 Å². The molecule has 1 fully saturated rings. The van der Waals surface area contributed by atoms with E-state index < -0.39 is 27.9 Å². The summed E-state index contributed by atoms with van der Waals surface area (Å²) in [6, 6.07) is 0. The van der Waals surface area contributed by atoms with Gasteiger partial charge in [-0.3, -0.25) is 18.1 Å². The maximum absolute atomic E-state index is 12.0. The zero-order valence-corrected chi connectivity index (χ0v) is 16.8. The highest BCUT2D eigenvalue weighted by molar-refractivity contribution is 7.47. The van der Waals surface area contributed by atoms with Crippen LogP contribution < -0.4 is 0 Å². The Bertz CT molecular complexity index is 473. The lowest BCUT2D eigenvalue weighted by molar-refractivity contribution is -0.0209. The van der Waals surface area contributed by atoms with Gasteiger partial charge in [0.1, 0.15) is 12.2 Å². The van der Waals surface area contributed by atoms with Gasteiger partial charge in [0.25, 0.3) is 0 Å². The Labute approximate surface area is 149 Å². The van der Waals surface area contributed by atoms with E-state index in [4.69, 9.17) is 22.8 Å². The molecule has 1 rings (SSSR count). The zero-order valence-electron chi connectivity index (χ0n) is 15.0. The highest BCUT2D eigenvalue weighted by atomic mass is 31.2. The molecule has 0 aromatic carbocycles. The van der Waals surface area contributed by atoms with Gasteiger partial charge in [-0.1, -0.05) is 26.7 Å². The molecule has 0 bridgehead atoms. The minimum Gasteiger partial charge on any atom is -0.370 e. The van der Waals surface area contributed by atoms with E-state index in [9.17, 15) is 18.9 Å². The minimum absolute atomic E-state index is 0.114. The van der Waals surface area contributed by atoms with Crippen molar-refractivity contribution in [1.29, 1.82) is 0 Å². The molecular formula is C14H30O9P2. The van der Waals surface area contributed by atoms with Gasteiger partial charge in [0, 0.05) is 6.42 Å². The van der Waals surface area contributed by atoms with Crippen molar-refractivity contribution in [2.45, 2.75) is 71.2 Å². The van der Waals surface area contributed by atoms with Gasteiger partial charge in [0.05, 0.1) is 25.9 Å². The summed E-state index contributed by atoms with van der Waals surface area (Å²) in [6.07, 6.45) is 1.49. The molecule has 1 aliphatic rings. The second-order valence-corrected chi connectivity index (χ2v) is 8.83. The maximum atomic E-state index is 12.0. The maximum Gasteiger partial charge on any atom is 0.472 e. The van der Waals surface area contributed by atoms with E-state index in [1.165, 1.54) is 0 Å². The van der Waals surface area contributed by atoms with Crippen LogP contribution in [0.15, 0.2) is 0 Å². The molecule has 0 aromatic heterocycles. The first-order valence-corrected chi connectivity index (χ1v) is 11.6. The van der Waals surface area contributed by atoms with Gasteiger partial charge in [0.2, 0.25) is 0 Å². The molecule has 0 amide bonds. The highest BCUT2D eigenvalue weighted by Crippen LogP contribution is 2.48. The van der Waals surface area contributed by atoms with Gasteiger partial charge < -0.3 is 14.5 Å². The minimum atomic E-state index is -4.22. The highest BCUT2D eigenvalue weighted by Gasteiger charge is 2.40. The third-order valence-corrected chi connectivity index (χ3v) is 5.59. The van der Waals surface area contributed by atoms with E-state index in [-0.39, 0.29) is 25.9 Å². The predicted octanol–water partition coefficient (Wildman–Crippen LogP) is 3.40. The third kappa shape index (κ3) is 9.61. The monoisotopic (exact) mass is 404 g/mol. The smallest absolute Gasteiger partial charge is 0.370 e. The summed E-state index contributed by atoms with van der Waals surface area (Å²) >= 11 is 0. The predicted molar refractivity (Wildman–Crippen MR) is 91.1 cm³/mol. The normalized spacial score (nSPS) is 28.6. The molecule has 0 radical (unpaired) electrons. The van der Waals surface area contributed by atoms with Crippen molar-refractivity contribution in [3.63, 3.8) is 0 Å². The van der Waals surface area contributed by atoms with Gasteiger partial charge in [-0.05, 0) is 19.8 Å². The Kier molecular flexibility index (Phi) is 10.3. The lowest BCUT2D eigenvalue weighted by Crippen LogP contribution is -2.28. The zero-order chi connectivity index (χ0) is 18.9. The number of rotatable bonds is 13. The molecule has 0 aromatic rings. The average Bonchev–Trinajstić information content (AvgIpc) is 2.84.